The van der Waals surface area contributed by atoms with Gasteiger partial charge >= 0.3 is 5.51 Å². The van der Waals surface area contributed by atoms with Gasteiger partial charge in [0.25, 0.3) is 9.84 Å². The van der Waals surface area contributed by atoms with Crippen LogP contribution < -0.4 is 11.1 Å². The number of sulfone groups is 1. The molecule has 0 saturated carbocycles. The van der Waals surface area contributed by atoms with Crippen LogP contribution in [-0.4, -0.2) is 39.1 Å². The van der Waals surface area contributed by atoms with E-state index in [1.165, 1.54) is 6.07 Å². The molecule has 2 atom stereocenters. The normalized spacial score (nSPS) is 21.7. The van der Waals surface area contributed by atoms with Crippen molar-refractivity contribution in [3.63, 3.8) is 0 Å². The van der Waals surface area contributed by atoms with E-state index in [4.69, 9.17) is 10.5 Å². The van der Waals surface area contributed by atoms with Crippen molar-refractivity contribution in [1.29, 1.82) is 0 Å². The van der Waals surface area contributed by atoms with Crippen molar-refractivity contribution in [2.75, 3.05) is 18.5 Å². The molecule has 1 saturated heterocycles. The van der Waals surface area contributed by atoms with Crippen LogP contribution in [0.1, 0.15) is 6.42 Å². The lowest BCUT2D eigenvalue weighted by molar-refractivity contribution is -0.124. The van der Waals surface area contributed by atoms with E-state index in [-0.39, 0.29) is 24.7 Å². The Bertz CT molecular complexity index is 697. The second-order valence-corrected chi connectivity index (χ2v) is 7.04. The highest BCUT2D eigenvalue weighted by molar-refractivity contribution is 7.92. The van der Waals surface area contributed by atoms with Crippen molar-refractivity contribution in [2.24, 2.45) is 11.7 Å². The summed E-state index contributed by atoms with van der Waals surface area (Å²) in [5, 5.41) is 2.38. The lowest BCUT2D eigenvalue weighted by Gasteiger charge is -2.27. The number of anilines is 1. The Kier molecular flexibility index (Phi) is 6.62. The number of benzene rings is 1. The summed E-state index contributed by atoms with van der Waals surface area (Å²) in [5.41, 5.74) is 0.339. The molecule has 0 bridgehead atoms. The maximum atomic E-state index is 12.5. The maximum absolute atomic E-state index is 12.5. The molecule has 3 N–H and O–H groups in total. The van der Waals surface area contributed by atoms with Crippen LogP contribution in [0.25, 0.3) is 0 Å². The molecule has 24 heavy (non-hydrogen) atoms. The molecular formula is C13H16ClF3N2O4S. The quantitative estimate of drug-likeness (QED) is 0.821. The van der Waals surface area contributed by atoms with Crippen molar-refractivity contribution in [1.82, 2.24) is 0 Å². The Hall–Kier alpha value is -1.36. The Morgan fingerprint density at radius 2 is 2.00 bits per heavy atom. The predicted octanol–water partition coefficient (Wildman–Crippen LogP) is 1.70. The van der Waals surface area contributed by atoms with Gasteiger partial charge in [0.2, 0.25) is 5.91 Å². The molecule has 1 heterocycles. The Morgan fingerprint density at radius 1 is 1.33 bits per heavy atom. The van der Waals surface area contributed by atoms with Crippen LogP contribution in [-0.2, 0) is 19.4 Å². The molecule has 11 heteroatoms. The molecular weight excluding hydrogens is 373 g/mol. The third-order valence-corrected chi connectivity index (χ3v) is 4.95. The number of hydrogen-bond donors (Lipinski definition) is 2. The summed E-state index contributed by atoms with van der Waals surface area (Å²) in [6, 6.07) is 3.56. The van der Waals surface area contributed by atoms with Gasteiger partial charge < -0.3 is 15.8 Å². The zero-order valence-electron chi connectivity index (χ0n) is 12.2. The van der Waals surface area contributed by atoms with Gasteiger partial charge in [-0.05, 0) is 24.6 Å². The average Bonchev–Trinajstić information content (AvgIpc) is 2.46. The van der Waals surface area contributed by atoms with E-state index in [1.54, 1.807) is 0 Å². The number of ether oxygens (including phenoxy) is 1. The van der Waals surface area contributed by atoms with Crippen molar-refractivity contribution >= 4 is 33.8 Å². The summed E-state index contributed by atoms with van der Waals surface area (Å²) >= 11 is 0. The molecule has 0 unspecified atom stereocenters. The van der Waals surface area contributed by atoms with Crippen LogP contribution in [0.4, 0.5) is 18.9 Å². The SMILES string of the molecule is Cl.N[C@@H]1CCOC[C@@H]1C(=O)Nc1cccc(S(=O)(=O)C(F)(F)F)c1. The lowest BCUT2D eigenvalue weighted by atomic mass is 9.96. The number of hydrogen-bond acceptors (Lipinski definition) is 5. The first-order valence-corrected chi connectivity index (χ1v) is 8.17. The number of amides is 1. The summed E-state index contributed by atoms with van der Waals surface area (Å²) in [7, 11) is -5.47. The summed E-state index contributed by atoms with van der Waals surface area (Å²) in [6.45, 7) is 0.539. The third-order valence-electron chi connectivity index (χ3n) is 3.46. The molecule has 1 aromatic carbocycles. The van der Waals surface area contributed by atoms with Gasteiger partial charge in [-0.3, -0.25) is 4.79 Å². The second-order valence-electron chi connectivity index (χ2n) is 5.10. The van der Waals surface area contributed by atoms with Crippen LogP contribution in [0, 0.1) is 5.92 Å². The fourth-order valence-electron chi connectivity index (χ4n) is 2.13. The molecule has 1 aromatic rings. The smallest absolute Gasteiger partial charge is 0.381 e. The predicted molar refractivity (Wildman–Crippen MR) is 82.5 cm³/mol. The van der Waals surface area contributed by atoms with Gasteiger partial charge in [-0.1, -0.05) is 6.07 Å². The average molecular weight is 389 g/mol. The van der Waals surface area contributed by atoms with Crippen molar-refractivity contribution < 1.29 is 31.1 Å². The minimum atomic E-state index is -5.47. The minimum Gasteiger partial charge on any atom is -0.381 e. The molecule has 1 aliphatic rings. The number of alkyl halides is 3. The van der Waals surface area contributed by atoms with Gasteiger partial charge in [0, 0.05) is 18.3 Å². The van der Waals surface area contributed by atoms with Crippen LogP contribution in [0.2, 0.25) is 0 Å². The topological polar surface area (TPSA) is 98.5 Å². The monoisotopic (exact) mass is 388 g/mol. The summed E-state index contributed by atoms with van der Waals surface area (Å²) < 4.78 is 65.5. The van der Waals surface area contributed by atoms with E-state index in [9.17, 15) is 26.4 Å². The molecule has 2 rings (SSSR count). The van der Waals surface area contributed by atoms with E-state index in [1.807, 2.05) is 0 Å². The van der Waals surface area contributed by atoms with Crippen molar-refractivity contribution in [3.8, 4) is 0 Å². The van der Waals surface area contributed by atoms with E-state index in [0.717, 1.165) is 18.2 Å². The van der Waals surface area contributed by atoms with E-state index >= 15 is 0 Å². The number of nitrogens with two attached hydrogens (primary N) is 1. The van der Waals surface area contributed by atoms with Gasteiger partial charge in [-0.2, -0.15) is 13.2 Å². The molecule has 1 amide bonds. The highest BCUT2D eigenvalue weighted by Gasteiger charge is 2.46. The molecule has 1 aliphatic heterocycles. The van der Waals surface area contributed by atoms with E-state index in [2.05, 4.69) is 5.32 Å². The lowest BCUT2D eigenvalue weighted by Crippen LogP contribution is -2.45. The first-order chi connectivity index (χ1) is 10.6. The highest BCUT2D eigenvalue weighted by atomic mass is 35.5. The number of carbonyl (C=O) groups excluding carboxylic acids is 1. The molecule has 0 aromatic heterocycles. The largest absolute Gasteiger partial charge is 0.501 e. The molecule has 0 aliphatic carbocycles. The van der Waals surface area contributed by atoms with Gasteiger partial charge in [0.1, 0.15) is 0 Å². The Morgan fingerprint density at radius 3 is 2.58 bits per heavy atom. The van der Waals surface area contributed by atoms with E-state index in [0.29, 0.717) is 13.0 Å². The summed E-state index contributed by atoms with van der Waals surface area (Å²) in [6.07, 6.45) is 0.487. The first-order valence-electron chi connectivity index (χ1n) is 6.68. The fraction of sp³-hybridized carbons (Fsp3) is 0.462. The third kappa shape index (κ3) is 4.38. The van der Waals surface area contributed by atoms with Gasteiger partial charge in [-0.15, -0.1) is 12.4 Å². The molecule has 6 nitrogen and oxygen atoms in total. The highest BCUT2D eigenvalue weighted by Crippen LogP contribution is 2.31. The van der Waals surface area contributed by atoms with Crippen LogP contribution >= 0.6 is 12.4 Å². The fourth-order valence-corrected chi connectivity index (χ4v) is 2.94. The molecule has 0 radical (unpaired) electrons. The number of halogens is 4. The van der Waals surface area contributed by atoms with Crippen LogP contribution in [0.15, 0.2) is 29.2 Å². The molecule has 0 spiro atoms. The van der Waals surface area contributed by atoms with Gasteiger partial charge in [0.05, 0.1) is 17.4 Å². The maximum Gasteiger partial charge on any atom is 0.501 e. The summed E-state index contributed by atoms with van der Waals surface area (Å²) in [5.74, 6) is -1.18. The number of nitrogens with one attached hydrogen (secondary N) is 1. The molecule has 136 valence electrons. The Labute approximate surface area is 142 Å². The van der Waals surface area contributed by atoms with Crippen LogP contribution in [0.5, 0.6) is 0 Å². The summed E-state index contributed by atoms with van der Waals surface area (Å²) in [4.78, 5) is 11.2. The van der Waals surface area contributed by atoms with E-state index < -0.39 is 38.1 Å². The van der Waals surface area contributed by atoms with Crippen molar-refractivity contribution in [3.05, 3.63) is 24.3 Å². The van der Waals surface area contributed by atoms with Gasteiger partial charge in [0.15, 0.2) is 0 Å². The number of rotatable bonds is 3. The van der Waals surface area contributed by atoms with Gasteiger partial charge in [-0.25, -0.2) is 8.42 Å². The Balaban J connectivity index is 0.00000288. The minimum absolute atomic E-state index is 0. The number of carbonyl (C=O) groups is 1. The second kappa shape index (κ2) is 7.68. The first kappa shape index (κ1) is 20.7. The molecule has 1 fully saturated rings. The van der Waals surface area contributed by atoms with Crippen molar-refractivity contribution in [2.45, 2.75) is 22.9 Å². The zero-order chi connectivity index (χ0) is 17.3. The van der Waals surface area contributed by atoms with Crippen LogP contribution in [0.3, 0.4) is 0 Å². The standard InChI is InChI=1S/C13H15F3N2O4S.ClH/c14-13(15,16)23(20,21)9-3-1-2-8(6-9)18-12(19)10-7-22-5-4-11(10)17;/h1-3,6,10-11H,4-5,7,17H2,(H,18,19);1H/t10-,11+;/m0./s1. The zero-order valence-corrected chi connectivity index (χ0v) is 13.9.